The summed E-state index contributed by atoms with van der Waals surface area (Å²) in [5, 5.41) is 0. The highest BCUT2D eigenvalue weighted by Gasteiger charge is 2.44. The van der Waals surface area contributed by atoms with Crippen molar-refractivity contribution in [2.75, 3.05) is 33.5 Å². The molecule has 0 saturated carbocycles. The van der Waals surface area contributed by atoms with Crippen molar-refractivity contribution in [1.82, 2.24) is 9.80 Å². The average molecular weight is 401 g/mol. The standard InChI is InChI=1S/C24H23N3O3/c1-3-12-27-22(17-9-10-18-19(14-17)30-15-29-18)20-21(16-7-5-4-6-8-16)25-11-13-26(2)23(20)24(27)28/h3-10,14,22H,1,11-13,15H2,2H3. The molecule has 6 heteroatoms. The Morgan fingerprint density at radius 1 is 1.17 bits per heavy atom. The van der Waals surface area contributed by atoms with E-state index in [-0.39, 0.29) is 18.7 Å². The minimum absolute atomic E-state index is 0.000554. The van der Waals surface area contributed by atoms with Crippen molar-refractivity contribution in [1.29, 1.82) is 0 Å². The molecule has 0 aliphatic carbocycles. The smallest absolute Gasteiger partial charge is 0.271 e. The fourth-order valence-electron chi connectivity index (χ4n) is 4.37. The van der Waals surface area contributed by atoms with E-state index in [4.69, 9.17) is 14.5 Å². The van der Waals surface area contributed by atoms with Crippen LogP contribution in [0.5, 0.6) is 11.5 Å². The number of carbonyl (C=O) groups excluding carboxylic acids is 1. The fraction of sp³-hybridized carbons (Fsp3) is 0.250. The summed E-state index contributed by atoms with van der Waals surface area (Å²) >= 11 is 0. The molecule has 5 rings (SSSR count). The predicted octanol–water partition coefficient (Wildman–Crippen LogP) is 3.17. The van der Waals surface area contributed by atoms with Gasteiger partial charge in [0.2, 0.25) is 6.79 Å². The molecule has 3 heterocycles. The first-order chi connectivity index (χ1) is 14.7. The number of ether oxygens (including phenoxy) is 2. The Morgan fingerprint density at radius 3 is 2.77 bits per heavy atom. The van der Waals surface area contributed by atoms with E-state index in [1.165, 1.54) is 0 Å². The maximum absolute atomic E-state index is 13.6. The molecule has 3 aliphatic rings. The van der Waals surface area contributed by atoms with Gasteiger partial charge in [0, 0.05) is 31.3 Å². The van der Waals surface area contributed by atoms with Gasteiger partial charge < -0.3 is 19.3 Å². The second-order valence-electron chi connectivity index (χ2n) is 7.54. The lowest BCUT2D eigenvalue weighted by Crippen LogP contribution is -2.34. The Hall–Kier alpha value is -3.54. The number of hydrogen-bond acceptors (Lipinski definition) is 5. The molecule has 2 aromatic rings. The average Bonchev–Trinajstić information content (AvgIpc) is 3.29. The highest BCUT2D eigenvalue weighted by atomic mass is 16.7. The molecule has 30 heavy (non-hydrogen) atoms. The molecule has 6 nitrogen and oxygen atoms in total. The van der Waals surface area contributed by atoms with Crippen molar-refractivity contribution in [2.45, 2.75) is 6.04 Å². The fourth-order valence-corrected chi connectivity index (χ4v) is 4.37. The molecule has 1 atom stereocenters. The van der Waals surface area contributed by atoms with Crippen LogP contribution < -0.4 is 9.47 Å². The summed E-state index contributed by atoms with van der Waals surface area (Å²) in [5.41, 5.74) is 4.50. The Labute approximate surface area is 175 Å². The summed E-state index contributed by atoms with van der Waals surface area (Å²) in [4.78, 5) is 22.4. The molecule has 152 valence electrons. The van der Waals surface area contributed by atoms with E-state index in [0.717, 1.165) is 28.2 Å². The summed E-state index contributed by atoms with van der Waals surface area (Å²) in [6.07, 6.45) is 1.77. The van der Waals surface area contributed by atoms with Crippen LogP contribution in [0.25, 0.3) is 0 Å². The summed E-state index contributed by atoms with van der Waals surface area (Å²) < 4.78 is 11.1. The van der Waals surface area contributed by atoms with E-state index in [2.05, 4.69) is 6.58 Å². The maximum atomic E-state index is 13.6. The molecule has 1 unspecified atom stereocenters. The van der Waals surface area contributed by atoms with E-state index in [1.54, 1.807) is 6.08 Å². The minimum Gasteiger partial charge on any atom is -0.454 e. The lowest BCUT2D eigenvalue weighted by molar-refractivity contribution is -0.127. The van der Waals surface area contributed by atoms with E-state index in [9.17, 15) is 4.79 Å². The van der Waals surface area contributed by atoms with Crippen molar-refractivity contribution in [3.63, 3.8) is 0 Å². The van der Waals surface area contributed by atoms with Gasteiger partial charge in [0.1, 0.15) is 5.70 Å². The number of rotatable bonds is 4. The second kappa shape index (κ2) is 7.37. The number of nitrogens with zero attached hydrogens (tertiary/aromatic N) is 3. The molecule has 0 bridgehead atoms. The maximum Gasteiger partial charge on any atom is 0.271 e. The van der Waals surface area contributed by atoms with Crippen molar-refractivity contribution < 1.29 is 14.3 Å². The summed E-state index contributed by atoms with van der Waals surface area (Å²) in [7, 11) is 1.96. The number of carbonyl (C=O) groups is 1. The van der Waals surface area contributed by atoms with Gasteiger partial charge in [0.15, 0.2) is 11.5 Å². The van der Waals surface area contributed by atoms with E-state index in [0.29, 0.717) is 31.1 Å². The van der Waals surface area contributed by atoms with Crippen molar-refractivity contribution in [2.24, 2.45) is 4.99 Å². The zero-order valence-electron chi connectivity index (χ0n) is 16.9. The monoisotopic (exact) mass is 401 g/mol. The first-order valence-electron chi connectivity index (χ1n) is 10.1. The second-order valence-corrected chi connectivity index (χ2v) is 7.54. The van der Waals surface area contributed by atoms with Crippen LogP contribution in [0, 0.1) is 0 Å². The molecule has 1 amide bonds. The lowest BCUT2D eigenvalue weighted by Gasteiger charge is -2.27. The third-order valence-corrected chi connectivity index (χ3v) is 5.73. The topological polar surface area (TPSA) is 54.4 Å². The quantitative estimate of drug-likeness (QED) is 0.739. The zero-order chi connectivity index (χ0) is 20.7. The normalized spacial score (nSPS) is 20.2. The summed E-state index contributed by atoms with van der Waals surface area (Å²) in [6, 6.07) is 15.7. The van der Waals surface area contributed by atoms with Gasteiger partial charge >= 0.3 is 0 Å². The van der Waals surface area contributed by atoms with Gasteiger partial charge in [-0.2, -0.15) is 0 Å². The molecule has 3 aliphatic heterocycles. The largest absolute Gasteiger partial charge is 0.454 e. The number of aliphatic imine (C=N–C) groups is 1. The highest BCUT2D eigenvalue weighted by Crippen LogP contribution is 2.44. The van der Waals surface area contributed by atoms with Crippen LogP contribution in [-0.4, -0.2) is 54.9 Å². The number of likely N-dealkylation sites (N-methyl/N-ethyl adjacent to an activating group) is 1. The third-order valence-electron chi connectivity index (χ3n) is 5.73. The van der Waals surface area contributed by atoms with E-state index < -0.39 is 0 Å². The third kappa shape index (κ3) is 2.87. The Bertz CT molecular complexity index is 1070. The number of benzene rings is 2. The van der Waals surface area contributed by atoms with Gasteiger partial charge in [-0.05, 0) is 17.7 Å². The lowest BCUT2D eigenvalue weighted by atomic mass is 9.91. The number of hydrogen-bond donors (Lipinski definition) is 0. The zero-order valence-corrected chi connectivity index (χ0v) is 16.9. The van der Waals surface area contributed by atoms with Crippen LogP contribution in [0.1, 0.15) is 17.2 Å². The van der Waals surface area contributed by atoms with Crippen LogP contribution in [0.3, 0.4) is 0 Å². The molecule has 0 aromatic heterocycles. The van der Waals surface area contributed by atoms with Crippen LogP contribution in [0.4, 0.5) is 0 Å². The van der Waals surface area contributed by atoms with Crippen molar-refractivity contribution >= 4 is 11.6 Å². The Balaban J connectivity index is 1.71. The Morgan fingerprint density at radius 2 is 1.97 bits per heavy atom. The molecule has 0 N–H and O–H groups in total. The molecule has 0 fully saturated rings. The van der Waals surface area contributed by atoms with Gasteiger partial charge in [0.05, 0.1) is 18.3 Å². The van der Waals surface area contributed by atoms with Crippen LogP contribution in [0.15, 0.2) is 77.4 Å². The first-order valence-corrected chi connectivity index (χ1v) is 10.1. The SMILES string of the molecule is C=CCN1C(=O)C2=C(C(c3ccccc3)=NCCN2C)C1c1ccc2c(c1)OCO2. The molecule has 0 radical (unpaired) electrons. The first kappa shape index (κ1) is 18.5. The number of fused-ring (bicyclic) bond motifs is 1. The van der Waals surface area contributed by atoms with Crippen molar-refractivity contribution in [3.05, 3.63) is 83.6 Å². The van der Waals surface area contributed by atoms with Gasteiger partial charge in [-0.15, -0.1) is 6.58 Å². The minimum atomic E-state index is -0.278. The molecular weight excluding hydrogens is 378 g/mol. The predicted molar refractivity (Wildman–Crippen MR) is 115 cm³/mol. The number of amides is 1. The van der Waals surface area contributed by atoms with Crippen molar-refractivity contribution in [3.8, 4) is 11.5 Å². The van der Waals surface area contributed by atoms with Crippen LogP contribution in [-0.2, 0) is 4.79 Å². The van der Waals surface area contributed by atoms with E-state index >= 15 is 0 Å². The molecule has 0 saturated heterocycles. The van der Waals surface area contributed by atoms with Gasteiger partial charge in [0.25, 0.3) is 5.91 Å². The van der Waals surface area contributed by atoms with Gasteiger partial charge in [-0.3, -0.25) is 9.79 Å². The molecule has 0 spiro atoms. The van der Waals surface area contributed by atoms with E-state index in [1.807, 2.05) is 65.4 Å². The molecular formula is C24H23N3O3. The van der Waals surface area contributed by atoms with Gasteiger partial charge in [-0.25, -0.2) is 0 Å². The van der Waals surface area contributed by atoms with Crippen LogP contribution >= 0.6 is 0 Å². The highest BCUT2D eigenvalue weighted by molar-refractivity contribution is 6.19. The molecule has 2 aromatic carbocycles. The summed E-state index contributed by atoms with van der Waals surface area (Å²) in [6.45, 7) is 5.86. The van der Waals surface area contributed by atoms with Gasteiger partial charge in [-0.1, -0.05) is 42.5 Å². The summed E-state index contributed by atoms with van der Waals surface area (Å²) in [5.74, 6) is 1.43. The Kier molecular flexibility index (Phi) is 4.54. The van der Waals surface area contributed by atoms with Crippen LogP contribution in [0.2, 0.25) is 0 Å².